The van der Waals surface area contributed by atoms with Gasteiger partial charge in [-0.15, -0.1) is 0 Å². The van der Waals surface area contributed by atoms with Crippen molar-refractivity contribution in [1.29, 1.82) is 0 Å². The van der Waals surface area contributed by atoms with E-state index >= 15 is 0 Å². The quantitative estimate of drug-likeness (QED) is 0.111. The standard InChI is InChI=1S/C42H40P2/c1-2-32-43(36-17-7-3-8-18-36,37-19-9-4-10-20-37)42-25-15-16-35(33-42)34-26-28-40(29-27-34)44(41-30-31-41,38-21-11-5-12-22-38)39-23-13-6-14-24-39/h2-29,33,41,43-44H,1,30-32H2. The molecule has 0 aliphatic heterocycles. The van der Waals surface area contributed by atoms with Crippen LogP contribution in [0.2, 0.25) is 0 Å². The summed E-state index contributed by atoms with van der Waals surface area (Å²) >= 11 is 0. The van der Waals surface area contributed by atoms with Crippen LogP contribution in [0.1, 0.15) is 12.8 Å². The summed E-state index contributed by atoms with van der Waals surface area (Å²) in [6.45, 7) is 4.24. The van der Waals surface area contributed by atoms with Crippen LogP contribution in [0, 0.1) is 0 Å². The molecule has 44 heavy (non-hydrogen) atoms. The SMILES string of the molecule is C=CC[PH](c1ccccc1)(c1ccccc1)c1cccc(-c2ccc([PH](c3ccccc3)(c3ccccc3)C3CC3)cc2)c1. The van der Waals surface area contributed by atoms with Crippen LogP contribution in [0.25, 0.3) is 11.1 Å². The number of hydrogen-bond acceptors (Lipinski definition) is 0. The molecule has 1 fully saturated rings. The first-order chi connectivity index (χ1) is 21.8. The molecule has 0 amide bonds. The van der Waals surface area contributed by atoms with Gasteiger partial charge in [-0.3, -0.25) is 0 Å². The zero-order valence-corrected chi connectivity index (χ0v) is 27.1. The fourth-order valence-corrected chi connectivity index (χ4v) is 17.6. The Bertz CT molecular complexity index is 1750. The molecular formula is C42H40P2. The Labute approximate surface area is 263 Å². The molecule has 2 heteroatoms. The van der Waals surface area contributed by atoms with Crippen molar-refractivity contribution in [2.24, 2.45) is 0 Å². The van der Waals surface area contributed by atoms with Gasteiger partial charge in [0.1, 0.15) is 0 Å². The van der Waals surface area contributed by atoms with E-state index in [4.69, 9.17) is 0 Å². The van der Waals surface area contributed by atoms with Crippen LogP contribution < -0.4 is 31.8 Å². The Hall–Kier alpha value is -4.08. The van der Waals surface area contributed by atoms with Gasteiger partial charge in [0, 0.05) is 0 Å². The van der Waals surface area contributed by atoms with Crippen molar-refractivity contribution in [2.75, 3.05) is 6.16 Å². The van der Waals surface area contributed by atoms with E-state index in [0.29, 0.717) is 0 Å². The van der Waals surface area contributed by atoms with Crippen LogP contribution in [-0.4, -0.2) is 11.8 Å². The second-order valence-corrected chi connectivity index (χ2v) is 20.2. The maximum atomic E-state index is 4.24. The molecule has 6 aromatic carbocycles. The van der Waals surface area contributed by atoms with Crippen molar-refractivity contribution in [3.8, 4) is 11.1 Å². The van der Waals surface area contributed by atoms with E-state index in [1.165, 1.54) is 55.8 Å². The van der Waals surface area contributed by atoms with Gasteiger partial charge in [-0.05, 0) is 0 Å². The molecule has 218 valence electrons. The van der Waals surface area contributed by atoms with Crippen LogP contribution in [0.3, 0.4) is 0 Å². The summed E-state index contributed by atoms with van der Waals surface area (Å²) in [5.74, 6) is 0. The second kappa shape index (κ2) is 12.5. The first-order valence-electron chi connectivity index (χ1n) is 15.8. The summed E-state index contributed by atoms with van der Waals surface area (Å²) in [5.41, 5.74) is 3.29. The molecule has 0 heterocycles. The van der Waals surface area contributed by atoms with Crippen molar-refractivity contribution >= 4 is 46.4 Å². The summed E-state index contributed by atoms with van der Waals surface area (Å²) in [5, 5.41) is 8.82. The third kappa shape index (κ3) is 5.08. The van der Waals surface area contributed by atoms with Gasteiger partial charge >= 0.3 is 265 Å². The summed E-state index contributed by atoms with van der Waals surface area (Å²) in [4.78, 5) is 0. The number of benzene rings is 6. The molecule has 0 unspecified atom stereocenters. The van der Waals surface area contributed by atoms with Crippen LogP contribution in [-0.2, 0) is 0 Å². The molecule has 1 aliphatic rings. The Morgan fingerprint density at radius 3 is 1.34 bits per heavy atom. The Morgan fingerprint density at radius 1 is 0.455 bits per heavy atom. The van der Waals surface area contributed by atoms with E-state index in [0.717, 1.165) is 11.8 Å². The van der Waals surface area contributed by atoms with Crippen LogP contribution in [0.4, 0.5) is 0 Å². The molecule has 0 aromatic heterocycles. The van der Waals surface area contributed by atoms with Gasteiger partial charge < -0.3 is 0 Å². The van der Waals surface area contributed by atoms with Gasteiger partial charge in [-0.25, -0.2) is 0 Å². The van der Waals surface area contributed by atoms with Crippen molar-refractivity contribution < 1.29 is 0 Å². The third-order valence-electron chi connectivity index (χ3n) is 9.66. The number of rotatable bonds is 10. The average Bonchev–Trinajstić information content (AvgIpc) is 3.96. The minimum absolute atomic E-state index is 0.740. The molecule has 1 saturated carbocycles. The van der Waals surface area contributed by atoms with Gasteiger partial charge in [0.2, 0.25) is 0 Å². The van der Waals surface area contributed by atoms with Crippen LogP contribution in [0.15, 0.2) is 183 Å². The number of hydrogen-bond donors (Lipinski definition) is 0. The predicted octanol–water partition coefficient (Wildman–Crippen LogP) is 7.75. The molecule has 0 nitrogen and oxygen atoms in total. The normalized spacial score (nSPS) is 14.1. The van der Waals surface area contributed by atoms with E-state index < -0.39 is 14.5 Å². The van der Waals surface area contributed by atoms with Gasteiger partial charge in [-0.1, -0.05) is 0 Å². The molecule has 7 rings (SSSR count). The molecule has 0 N–H and O–H groups in total. The van der Waals surface area contributed by atoms with E-state index in [2.05, 4.69) is 183 Å². The molecule has 0 bridgehead atoms. The van der Waals surface area contributed by atoms with Gasteiger partial charge in [0.15, 0.2) is 0 Å². The zero-order chi connectivity index (χ0) is 29.8. The molecule has 0 atom stereocenters. The second-order valence-electron chi connectivity index (χ2n) is 12.1. The Morgan fingerprint density at radius 2 is 0.886 bits per heavy atom. The maximum absolute atomic E-state index is 4.24. The minimum atomic E-state index is -2.33. The first kappa shape index (κ1) is 28.7. The fraction of sp³-hybridized carbons (Fsp3) is 0.0952. The van der Waals surface area contributed by atoms with Gasteiger partial charge in [0.05, 0.1) is 0 Å². The summed E-state index contributed by atoms with van der Waals surface area (Å²) < 4.78 is 0. The van der Waals surface area contributed by atoms with Gasteiger partial charge in [0.25, 0.3) is 0 Å². The Balaban J connectivity index is 1.35. The van der Waals surface area contributed by atoms with Crippen LogP contribution in [0.5, 0.6) is 0 Å². The zero-order valence-electron chi connectivity index (χ0n) is 25.1. The molecule has 1 aliphatic carbocycles. The topological polar surface area (TPSA) is 0 Å². The monoisotopic (exact) mass is 606 g/mol. The molecule has 0 radical (unpaired) electrons. The fourth-order valence-electron chi connectivity index (χ4n) is 7.53. The molecule has 0 spiro atoms. The average molecular weight is 607 g/mol. The summed E-state index contributed by atoms with van der Waals surface area (Å²) in [6.07, 6.45) is 5.71. The van der Waals surface area contributed by atoms with Crippen molar-refractivity contribution in [3.63, 3.8) is 0 Å². The van der Waals surface area contributed by atoms with E-state index in [1.807, 2.05) is 0 Å². The summed E-state index contributed by atoms with van der Waals surface area (Å²) in [6, 6.07) is 64.0. The van der Waals surface area contributed by atoms with E-state index in [9.17, 15) is 0 Å². The number of allylic oxidation sites excluding steroid dienone is 1. The first-order valence-corrected chi connectivity index (χ1v) is 20.1. The molecule has 0 saturated heterocycles. The van der Waals surface area contributed by atoms with E-state index in [1.54, 1.807) is 0 Å². The molecule has 6 aromatic rings. The van der Waals surface area contributed by atoms with E-state index in [-0.39, 0.29) is 0 Å². The summed E-state index contributed by atoms with van der Waals surface area (Å²) in [7, 11) is -4.49. The van der Waals surface area contributed by atoms with Crippen LogP contribution >= 0.6 is 14.5 Å². The molecular weight excluding hydrogens is 566 g/mol. The van der Waals surface area contributed by atoms with Gasteiger partial charge in [-0.2, -0.15) is 0 Å². The third-order valence-corrected chi connectivity index (χ3v) is 20.0. The van der Waals surface area contributed by atoms with Crippen molar-refractivity contribution in [2.45, 2.75) is 18.5 Å². The predicted molar refractivity (Wildman–Crippen MR) is 200 cm³/mol. The Kier molecular flexibility index (Phi) is 8.14. The van der Waals surface area contributed by atoms with Crippen molar-refractivity contribution in [3.05, 3.63) is 183 Å². The van der Waals surface area contributed by atoms with Crippen molar-refractivity contribution in [1.82, 2.24) is 0 Å².